The molecule has 0 aliphatic carbocycles. The zero-order chi connectivity index (χ0) is 11.3. The Labute approximate surface area is 92.5 Å². The van der Waals surface area contributed by atoms with Crippen molar-refractivity contribution in [2.75, 3.05) is 6.61 Å². The summed E-state index contributed by atoms with van der Waals surface area (Å²) < 4.78 is 6.40. The molecule has 1 aromatic rings. The Morgan fingerprint density at radius 1 is 1.60 bits per heavy atom. The number of ether oxygens (including phenoxy) is 1. The maximum absolute atomic E-state index is 11.3. The standard InChI is InChI=1S/C10H15NO3S/c1-3-4-5-14-9(12)6-11-8(2)7-15-10(11)13/h7H,3-6H2,1-2H3. The summed E-state index contributed by atoms with van der Waals surface area (Å²) in [7, 11) is 0. The van der Waals surface area contributed by atoms with Gasteiger partial charge in [-0.1, -0.05) is 24.7 Å². The summed E-state index contributed by atoms with van der Waals surface area (Å²) in [5.74, 6) is -0.341. The second-order valence-electron chi connectivity index (χ2n) is 3.30. The lowest BCUT2D eigenvalue weighted by molar-refractivity contribution is -0.144. The van der Waals surface area contributed by atoms with Crippen molar-refractivity contribution in [1.29, 1.82) is 0 Å². The van der Waals surface area contributed by atoms with Gasteiger partial charge < -0.3 is 4.74 Å². The molecule has 15 heavy (non-hydrogen) atoms. The number of aromatic nitrogens is 1. The molecule has 1 rings (SSSR count). The van der Waals surface area contributed by atoms with Gasteiger partial charge in [0.15, 0.2) is 0 Å². The highest BCUT2D eigenvalue weighted by molar-refractivity contribution is 7.07. The van der Waals surface area contributed by atoms with Gasteiger partial charge in [0, 0.05) is 11.1 Å². The SMILES string of the molecule is CCCCOC(=O)Cn1c(C)csc1=O. The average molecular weight is 229 g/mol. The predicted octanol–water partition coefficient (Wildman–Crippen LogP) is 1.56. The van der Waals surface area contributed by atoms with Crippen LogP contribution in [0.25, 0.3) is 0 Å². The minimum Gasteiger partial charge on any atom is -0.464 e. The Morgan fingerprint density at radius 2 is 2.33 bits per heavy atom. The molecule has 5 heteroatoms. The van der Waals surface area contributed by atoms with Crippen molar-refractivity contribution in [2.24, 2.45) is 0 Å². The van der Waals surface area contributed by atoms with Gasteiger partial charge in [0.25, 0.3) is 0 Å². The van der Waals surface area contributed by atoms with Crippen LogP contribution in [0.4, 0.5) is 0 Å². The lowest BCUT2D eigenvalue weighted by atomic mass is 10.4. The molecule has 0 amide bonds. The number of rotatable bonds is 5. The van der Waals surface area contributed by atoms with E-state index in [1.807, 2.05) is 6.92 Å². The third-order valence-corrected chi connectivity index (χ3v) is 2.91. The van der Waals surface area contributed by atoms with E-state index in [4.69, 9.17) is 4.74 Å². The lowest BCUT2D eigenvalue weighted by Crippen LogP contribution is -2.22. The summed E-state index contributed by atoms with van der Waals surface area (Å²) in [5, 5.41) is 1.74. The van der Waals surface area contributed by atoms with Gasteiger partial charge in [-0.3, -0.25) is 14.2 Å². The van der Waals surface area contributed by atoms with E-state index in [1.54, 1.807) is 12.3 Å². The van der Waals surface area contributed by atoms with E-state index in [2.05, 4.69) is 0 Å². The molecule has 0 spiro atoms. The van der Waals surface area contributed by atoms with Gasteiger partial charge in [-0.2, -0.15) is 0 Å². The van der Waals surface area contributed by atoms with Gasteiger partial charge >= 0.3 is 10.8 Å². The molecule has 0 radical (unpaired) electrons. The number of hydrogen-bond donors (Lipinski definition) is 0. The number of nitrogens with zero attached hydrogens (tertiary/aromatic N) is 1. The van der Waals surface area contributed by atoms with Crippen LogP contribution in [0.2, 0.25) is 0 Å². The molecule has 0 saturated heterocycles. The zero-order valence-corrected chi connectivity index (χ0v) is 9.80. The first-order valence-electron chi connectivity index (χ1n) is 4.95. The summed E-state index contributed by atoms with van der Waals surface area (Å²) in [6.07, 6.45) is 1.86. The van der Waals surface area contributed by atoms with Crippen LogP contribution in [0.5, 0.6) is 0 Å². The van der Waals surface area contributed by atoms with Crippen molar-refractivity contribution in [3.63, 3.8) is 0 Å². The van der Waals surface area contributed by atoms with Crippen molar-refractivity contribution < 1.29 is 9.53 Å². The lowest BCUT2D eigenvalue weighted by Gasteiger charge is -2.05. The monoisotopic (exact) mass is 229 g/mol. The van der Waals surface area contributed by atoms with Crippen LogP contribution in [0.1, 0.15) is 25.5 Å². The van der Waals surface area contributed by atoms with Crippen LogP contribution in [-0.4, -0.2) is 17.1 Å². The first-order chi connectivity index (χ1) is 7.15. The summed E-state index contributed by atoms with van der Waals surface area (Å²) in [4.78, 5) is 22.5. The number of unbranched alkanes of at least 4 members (excludes halogenated alkanes) is 1. The van der Waals surface area contributed by atoms with E-state index in [-0.39, 0.29) is 17.4 Å². The van der Waals surface area contributed by atoms with E-state index in [0.29, 0.717) is 6.61 Å². The van der Waals surface area contributed by atoms with Gasteiger partial charge in [0.1, 0.15) is 6.54 Å². The number of hydrogen-bond acceptors (Lipinski definition) is 4. The van der Waals surface area contributed by atoms with Crippen LogP contribution in [0, 0.1) is 6.92 Å². The van der Waals surface area contributed by atoms with Gasteiger partial charge in [0.2, 0.25) is 0 Å². The maximum Gasteiger partial charge on any atom is 0.326 e. The van der Waals surface area contributed by atoms with Crippen LogP contribution in [0.15, 0.2) is 10.2 Å². The van der Waals surface area contributed by atoms with E-state index in [0.717, 1.165) is 29.9 Å². The van der Waals surface area contributed by atoms with Gasteiger partial charge in [-0.25, -0.2) is 0 Å². The Balaban J connectivity index is 2.48. The molecule has 0 N–H and O–H groups in total. The molecule has 0 unspecified atom stereocenters. The number of esters is 1. The molecule has 1 aromatic heterocycles. The molecular formula is C10H15NO3S. The van der Waals surface area contributed by atoms with E-state index in [9.17, 15) is 9.59 Å². The zero-order valence-electron chi connectivity index (χ0n) is 8.99. The molecule has 0 fully saturated rings. The normalized spacial score (nSPS) is 10.3. The first-order valence-corrected chi connectivity index (χ1v) is 5.83. The number of aryl methyl sites for hydroxylation is 1. The fourth-order valence-corrected chi connectivity index (χ4v) is 1.84. The minimum absolute atomic E-state index is 0.0257. The summed E-state index contributed by atoms with van der Waals surface area (Å²) in [6.45, 7) is 4.30. The molecule has 0 aliphatic heterocycles. The molecule has 84 valence electrons. The molecule has 0 bridgehead atoms. The van der Waals surface area contributed by atoms with Crippen LogP contribution >= 0.6 is 11.3 Å². The summed E-state index contributed by atoms with van der Waals surface area (Å²) in [5.41, 5.74) is 0.803. The number of carbonyl (C=O) groups is 1. The Hall–Kier alpha value is -1.10. The second kappa shape index (κ2) is 5.70. The van der Waals surface area contributed by atoms with Gasteiger partial charge in [0.05, 0.1) is 6.61 Å². The molecular weight excluding hydrogens is 214 g/mol. The van der Waals surface area contributed by atoms with Crippen molar-refractivity contribution in [3.8, 4) is 0 Å². The predicted molar refractivity (Wildman–Crippen MR) is 59.2 cm³/mol. The first kappa shape index (κ1) is 12.0. The molecule has 0 saturated carbocycles. The highest BCUT2D eigenvalue weighted by Crippen LogP contribution is 2.00. The van der Waals surface area contributed by atoms with Gasteiger partial charge in [-0.05, 0) is 13.3 Å². The molecule has 0 aromatic carbocycles. The second-order valence-corrected chi connectivity index (χ2v) is 4.12. The third-order valence-electron chi connectivity index (χ3n) is 2.02. The quantitative estimate of drug-likeness (QED) is 0.568. The molecule has 0 aliphatic rings. The minimum atomic E-state index is -0.341. The van der Waals surface area contributed by atoms with Crippen molar-refractivity contribution in [1.82, 2.24) is 4.57 Å². The maximum atomic E-state index is 11.3. The molecule has 1 heterocycles. The number of thiazole rings is 1. The topological polar surface area (TPSA) is 48.3 Å². The smallest absolute Gasteiger partial charge is 0.326 e. The van der Waals surface area contributed by atoms with Crippen LogP contribution < -0.4 is 4.87 Å². The van der Waals surface area contributed by atoms with Crippen LogP contribution in [-0.2, 0) is 16.1 Å². The van der Waals surface area contributed by atoms with Crippen LogP contribution in [0.3, 0.4) is 0 Å². The Kier molecular flexibility index (Phi) is 4.55. The average Bonchev–Trinajstić information content (AvgIpc) is 2.50. The van der Waals surface area contributed by atoms with E-state index >= 15 is 0 Å². The van der Waals surface area contributed by atoms with Crippen molar-refractivity contribution >= 4 is 17.3 Å². The summed E-state index contributed by atoms with van der Waals surface area (Å²) in [6, 6.07) is 0. The summed E-state index contributed by atoms with van der Waals surface area (Å²) >= 11 is 1.10. The Bertz CT molecular complexity index is 380. The largest absolute Gasteiger partial charge is 0.464 e. The molecule has 0 atom stereocenters. The van der Waals surface area contributed by atoms with Gasteiger partial charge in [-0.15, -0.1) is 0 Å². The fraction of sp³-hybridized carbons (Fsp3) is 0.600. The third kappa shape index (κ3) is 3.51. The highest BCUT2D eigenvalue weighted by atomic mass is 32.1. The van der Waals surface area contributed by atoms with Crippen molar-refractivity contribution in [3.05, 3.63) is 20.7 Å². The fourth-order valence-electron chi connectivity index (χ4n) is 1.10. The van der Waals surface area contributed by atoms with Crippen molar-refractivity contribution in [2.45, 2.75) is 33.2 Å². The number of carbonyl (C=O) groups excluding carboxylic acids is 1. The highest BCUT2D eigenvalue weighted by Gasteiger charge is 2.08. The van der Waals surface area contributed by atoms with E-state index < -0.39 is 0 Å². The van der Waals surface area contributed by atoms with E-state index in [1.165, 1.54) is 4.57 Å². The Morgan fingerprint density at radius 3 is 2.87 bits per heavy atom. The molecule has 4 nitrogen and oxygen atoms in total.